The van der Waals surface area contributed by atoms with Crippen LogP contribution in [0.25, 0.3) is 0 Å². The van der Waals surface area contributed by atoms with Crippen LogP contribution in [0.4, 0.5) is 5.69 Å². The van der Waals surface area contributed by atoms with Crippen molar-refractivity contribution < 1.29 is 9.72 Å². The molecule has 1 saturated carbocycles. The Balaban J connectivity index is 1.92. The molecule has 2 N–H and O–H groups in total. The summed E-state index contributed by atoms with van der Waals surface area (Å²) in [5.74, 6) is 0.224. The molecule has 0 radical (unpaired) electrons. The average molecular weight is 333 g/mol. The number of carbonyl (C=O) groups excluding carboxylic acids is 1. The molecular weight excluding hydrogens is 306 g/mol. The van der Waals surface area contributed by atoms with Crippen molar-refractivity contribution in [3.63, 3.8) is 0 Å². The van der Waals surface area contributed by atoms with Gasteiger partial charge >= 0.3 is 0 Å². The summed E-state index contributed by atoms with van der Waals surface area (Å²) >= 11 is 0. The van der Waals surface area contributed by atoms with Crippen LogP contribution in [0.2, 0.25) is 0 Å². The number of rotatable bonds is 6. The molecule has 0 aliphatic heterocycles. The van der Waals surface area contributed by atoms with Gasteiger partial charge in [-0.25, -0.2) is 0 Å². The van der Waals surface area contributed by atoms with Crippen molar-refractivity contribution in [2.75, 3.05) is 0 Å². The first kappa shape index (κ1) is 18.4. The Hall–Kier alpha value is -1.95. The molecule has 0 unspecified atom stereocenters. The fourth-order valence-corrected chi connectivity index (χ4v) is 3.32. The normalized spacial score (nSPS) is 22.2. The zero-order chi connectivity index (χ0) is 17.7. The van der Waals surface area contributed by atoms with Gasteiger partial charge in [-0.3, -0.25) is 14.9 Å². The highest BCUT2D eigenvalue weighted by Gasteiger charge is 2.28. The highest BCUT2D eigenvalue weighted by atomic mass is 16.6. The van der Waals surface area contributed by atoms with Gasteiger partial charge in [-0.2, -0.15) is 0 Å². The third kappa shape index (κ3) is 5.03. The first-order valence-corrected chi connectivity index (χ1v) is 8.67. The highest BCUT2D eigenvalue weighted by Crippen LogP contribution is 2.27. The second-order valence-corrected chi connectivity index (χ2v) is 6.96. The Kier molecular flexibility index (Phi) is 6.31. The van der Waals surface area contributed by atoms with Gasteiger partial charge in [0, 0.05) is 36.2 Å². The van der Waals surface area contributed by atoms with Gasteiger partial charge in [-0.1, -0.05) is 18.6 Å². The lowest BCUT2D eigenvalue weighted by Gasteiger charge is -2.31. The topological polar surface area (TPSA) is 84.3 Å². The number of amides is 1. The van der Waals surface area contributed by atoms with E-state index in [1.54, 1.807) is 12.1 Å². The number of nitro groups is 1. The molecule has 6 heteroatoms. The molecule has 1 aromatic carbocycles. The predicted molar refractivity (Wildman–Crippen MR) is 93.7 cm³/mol. The summed E-state index contributed by atoms with van der Waals surface area (Å²) in [6.45, 7) is 6.01. The van der Waals surface area contributed by atoms with Crippen LogP contribution in [0.15, 0.2) is 24.3 Å². The fourth-order valence-electron chi connectivity index (χ4n) is 3.32. The standard InChI is InChI=1S/C18H27N3O3/c1-12(2)19-18(22)15-5-4-6-16(11-15)20-13(3)14-7-9-17(10-8-14)21(23)24/h7-10,12-13,15-16,20H,4-6,11H2,1-3H3,(H,19,22)/t13-,15+,16+/m0/s1. The molecule has 6 nitrogen and oxygen atoms in total. The molecule has 132 valence electrons. The predicted octanol–water partition coefficient (Wildman–Crippen LogP) is 3.33. The second-order valence-electron chi connectivity index (χ2n) is 6.96. The van der Waals surface area contributed by atoms with Crippen LogP contribution in [0.5, 0.6) is 0 Å². The van der Waals surface area contributed by atoms with Crippen molar-refractivity contribution >= 4 is 11.6 Å². The smallest absolute Gasteiger partial charge is 0.269 e. The Bertz CT molecular complexity index is 571. The van der Waals surface area contributed by atoms with Gasteiger partial charge in [0.05, 0.1) is 4.92 Å². The Morgan fingerprint density at radius 2 is 1.88 bits per heavy atom. The largest absolute Gasteiger partial charge is 0.354 e. The zero-order valence-corrected chi connectivity index (χ0v) is 14.6. The maximum Gasteiger partial charge on any atom is 0.269 e. The van der Waals surface area contributed by atoms with E-state index in [0.717, 1.165) is 31.2 Å². The molecule has 1 fully saturated rings. The lowest BCUT2D eigenvalue weighted by molar-refractivity contribution is -0.384. The second kappa shape index (κ2) is 8.24. The molecule has 1 aromatic rings. The summed E-state index contributed by atoms with van der Waals surface area (Å²) < 4.78 is 0. The number of non-ortho nitro benzene ring substituents is 1. The molecular formula is C18H27N3O3. The molecule has 0 saturated heterocycles. The SMILES string of the molecule is CC(C)NC(=O)[C@@H]1CCC[C@@H](N[C@@H](C)c2ccc([N+](=O)[O-])cc2)C1. The van der Waals surface area contributed by atoms with Gasteiger partial charge in [0.2, 0.25) is 5.91 Å². The molecule has 1 aliphatic carbocycles. The van der Waals surface area contributed by atoms with E-state index < -0.39 is 0 Å². The van der Waals surface area contributed by atoms with Gasteiger partial charge in [0.15, 0.2) is 0 Å². The van der Waals surface area contributed by atoms with E-state index in [9.17, 15) is 14.9 Å². The van der Waals surface area contributed by atoms with Gasteiger partial charge in [-0.15, -0.1) is 0 Å². The van der Waals surface area contributed by atoms with Crippen LogP contribution in [-0.2, 0) is 4.79 Å². The van der Waals surface area contributed by atoms with Crippen molar-refractivity contribution in [2.45, 2.75) is 64.6 Å². The summed E-state index contributed by atoms with van der Waals surface area (Å²) in [6, 6.07) is 7.23. The average Bonchev–Trinajstić information content (AvgIpc) is 2.54. The summed E-state index contributed by atoms with van der Waals surface area (Å²) in [6.07, 6.45) is 3.89. The van der Waals surface area contributed by atoms with E-state index in [1.165, 1.54) is 12.1 Å². The zero-order valence-electron chi connectivity index (χ0n) is 14.6. The quantitative estimate of drug-likeness (QED) is 0.618. The molecule has 0 aromatic heterocycles. The van der Waals surface area contributed by atoms with E-state index in [-0.39, 0.29) is 34.5 Å². The van der Waals surface area contributed by atoms with Gasteiger partial charge in [-0.05, 0) is 45.6 Å². The van der Waals surface area contributed by atoms with Crippen LogP contribution in [0.3, 0.4) is 0 Å². The Morgan fingerprint density at radius 3 is 2.46 bits per heavy atom. The van der Waals surface area contributed by atoms with E-state index in [0.29, 0.717) is 6.04 Å². The Labute approximate surface area is 143 Å². The summed E-state index contributed by atoms with van der Waals surface area (Å²) in [7, 11) is 0. The van der Waals surface area contributed by atoms with Gasteiger partial charge in [0.1, 0.15) is 0 Å². The van der Waals surface area contributed by atoms with Gasteiger partial charge < -0.3 is 10.6 Å². The monoisotopic (exact) mass is 333 g/mol. The van der Waals surface area contributed by atoms with E-state index in [2.05, 4.69) is 17.6 Å². The minimum atomic E-state index is -0.388. The third-order valence-electron chi connectivity index (χ3n) is 4.57. The molecule has 0 bridgehead atoms. The Morgan fingerprint density at radius 1 is 1.21 bits per heavy atom. The van der Waals surface area contributed by atoms with Crippen LogP contribution in [-0.4, -0.2) is 22.9 Å². The van der Waals surface area contributed by atoms with Crippen LogP contribution in [0, 0.1) is 16.0 Å². The number of nitro benzene ring substituents is 1. The van der Waals surface area contributed by atoms with Gasteiger partial charge in [0.25, 0.3) is 5.69 Å². The lowest BCUT2D eigenvalue weighted by Crippen LogP contribution is -2.42. The lowest BCUT2D eigenvalue weighted by atomic mass is 9.84. The van der Waals surface area contributed by atoms with Crippen molar-refractivity contribution in [3.8, 4) is 0 Å². The molecule has 3 atom stereocenters. The molecule has 2 rings (SSSR count). The number of hydrogen-bond acceptors (Lipinski definition) is 4. The van der Waals surface area contributed by atoms with E-state index >= 15 is 0 Å². The minimum Gasteiger partial charge on any atom is -0.354 e. The number of benzene rings is 1. The summed E-state index contributed by atoms with van der Waals surface area (Å²) in [5, 5.41) is 17.3. The van der Waals surface area contributed by atoms with Crippen LogP contribution < -0.4 is 10.6 Å². The van der Waals surface area contributed by atoms with E-state index in [1.807, 2.05) is 13.8 Å². The first-order chi connectivity index (χ1) is 11.4. The molecule has 0 spiro atoms. The van der Waals surface area contributed by atoms with Crippen LogP contribution in [0.1, 0.15) is 58.1 Å². The summed E-state index contributed by atoms with van der Waals surface area (Å²) in [5.41, 5.74) is 1.13. The van der Waals surface area contributed by atoms with Crippen molar-refractivity contribution in [1.82, 2.24) is 10.6 Å². The molecule has 0 heterocycles. The molecule has 24 heavy (non-hydrogen) atoms. The maximum atomic E-state index is 12.2. The number of hydrogen-bond donors (Lipinski definition) is 2. The third-order valence-corrected chi connectivity index (χ3v) is 4.57. The van der Waals surface area contributed by atoms with E-state index in [4.69, 9.17) is 0 Å². The molecule has 1 aliphatic rings. The number of carbonyl (C=O) groups is 1. The summed E-state index contributed by atoms with van der Waals surface area (Å²) in [4.78, 5) is 22.5. The van der Waals surface area contributed by atoms with Crippen molar-refractivity contribution in [2.24, 2.45) is 5.92 Å². The minimum absolute atomic E-state index is 0.0720. The highest BCUT2D eigenvalue weighted by molar-refractivity contribution is 5.79. The molecule has 1 amide bonds. The number of nitrogens with one attached hydrogen (secondary N) is 2. The maximum absolute atomic E-state index is 12.2. The fraction of sp³-hybridized carbons (Fsp3) is 0.611. The van der Waals surface area contributed by atoms with Crippen LogP contribution >= 0.6 is 0 Å². The first-order valence-electron chi connectivity index (χ1n) is 8.67. The van der Waals surface area contributed by atoms with Crippen molar-refractivity contribution in [1.29, 1.82) is 0 Å². The van der Waals surface area contributed by atoms with Crippen molar-refractivity contribution in [3.05, 3.63) is 39.9 Å². The number of nitrogens with zero attached hydrogens (tertiary/aromatic N) is 1.